The molecule has 0 aliphatic carbocycles. The number of rotatable bonds is 2. The highest BCUT2D eigenvalue weighted by Gasteiger charge is 2.35. The number of benzene rings is 2. The standard InChI is InChI=1S/C13H7ClF3N3O2S.C12H5ClF3N3O2S.CH3I/c1-19-9(13(15,16)17)5-10(21)20(12(19)22)6-2-3-8-7(4-6)11(14)18-23-8;13-10-6-3-5(1-2-7(6)22-18-10)19-9(20)4-8(12(14,15)16)17-11(19)21;1-2/h2-5H,1H3;1-4H,(H,17,21);1H3. The third-order valence-electron chi connectivity index (χ3n) is 6.18. The summed E-state index contributed by atoms with van der Waals surface area (Å²) in [6.07, 6.45) is -9.60. The van der Waals surface area contributed by atoms with Gasteiger partial charge in [0, 0.05) is 30.0 Å². The van der Waals surface area contributed by atoms with Gasteiger partial charge in [-0.15, -0.1) is 0 Å². The van der Waals surface area contributed by atoms with E-state index >= 15 is 0 Å². The van der Waals surface area contributed by atoms with Crippen molar-refractivity contribution < 1.29 is 26.3 Å². The Labute approximate surface area is 288 Å². The number of alkyl halides is 7. The fourth-order valence-corrected chi connectivity index (χ4v) is 6.05. The summed E-state index contributed by atoms with van der Waals surface area (Å²) >= 11 is 16.2. The molecule has 2 aromatic carbocycles. The van der Waals surface area contributed by atoms with Crippen molar-refractivity contribution >= 4 is 89.0 Å². The van der Waals surface area contributed by atoms with Gasteiger partial charge in [0.1, 0.15) is 11.4 Å². The van der Waals surface area contributed by atoms with Gasteiger partial charge in [-0.3, -0.25) is 14.2 Å². The Bertz CT molecular complexity index is 2330. The molecule has 6 rings (SSSR count). The number of aromatic nitrogens is 6. The van der Waals surface area contributed by atoms with E-state index < -0.39 is 46.2 Å². The van der Waals surface area contributed by atoms with Crippen molar-refractivity contribution in [2.75, 3.05) is 4.93 Å². The van der Waals surface area contributed by atoms with Crippen molar-refractivity contribution in [3.63, 3.8) is 0 Å². The lowest BCUT2D eigenvalue weighted by molar-refractivity contribution is -0.144. The molecule has 21 heteroatoms. The Morgan fingerprint density at radius 1 is 0.723 bits per heavy atom. The third-order valence-corrected chi connectivity index (χ3v) is 8.61. The Hall–Kier alpha value is -3.53. The maximum atomic E-state index is 12.8. The molecule has 6 aromatic rings. The molecular weight excluding hydrogens is 836 g/mol. The van der Waals surface area contributed by atoms with Crippen LogP contribution in [0, 0.1) is 0 Å². The van der Waals surface area contributed by atoms with Gasteiger partial charge in [-0.25, -0.2) is 18.7 Å². The van der Waals surface area contributed by atoms with E-state index in [0.717, 1.165) is 39.5 Å². The molecule has 0 bridgehead atoms. The second-order valence-corrected chi connectivity index (χ2v) is 11.3. The van der Waals surface area contributed by atoms with Crippen LogP contribution >= 0.6 is 68.9 Å². The van der Waals surface area contributed by atoms with Crippen LogP contribution < -0.4 is 22.5 Å². The van der Waals surface area contributed by atoms with E-state index in [2.05, 4.69) is 31.3 Å². The molecule has 0 atom stereocenters. The molecule has 0 amide bonds. The summed E-state index contributed by atoms with van der Waals surface area (Å²) < 4.78 is 87.1. The molecule has 4 aromatic heterocycles. The first-order valence-corrected chi connectivity index (χ1v) is 16.8. The van der Waals surface area contributed by atoms with Crippen LogP contribution in [0.4, 0.5) is 26.3 Å². The average Bonchev–Trinajstić information content (AvgIpc) is 3.56. The topological polar surface area (TPSA) is 125 Å². The normalized spacial score (nSPS) is 11.6. The van der Waals surface area contributed by atoms with Crippen LogP contribution in [-0.2, 0) is 19.4 Å². The second-order valence-electron chi connectivity index (χ2n) is 9.01. The molecule has 248 valence electrons. The summed E-state index contributed by atoms with van der Waals surface area (Å²) in [6, 6.07) is 9.64. The van der Waals surface area contributed by atoms with Crippen LogP contribution in [0.2, 0.25) is 10.3 Å². The number of fused-ring (bicyclic) bond motifs is 2. The summed E-state index contributed by atoms with van der Waals surface area (Å²) in [5.41, 5.74) is -6.90. The molecule has 47 heavy (non-hydrogen) atoms. The van der Waals surface area contributed by atoms with Gasteiger partial charge in [0.25, 0.3) is 11.1 Å². The van der Waals surface area contributed by atoms with Crippen LogP contribution in [0.3, 0.4) is 0 Å². The molecule has 0 saturated heterocycles. The summed E-state index contributed by atoms with van der Waals surface area (Å²) in [5, 5.41) is 1.42. The highest BCUT2D eigenvalue weighted by Crippen LogP contribution is 2.30. The van der Waals surface area contributed by atoms with Gasteiger partial charge in [-0.05, 0) is 64.4 Å². The van der Waals surface area contributed by atoms with Crippen LogP contribution in [0.5, 0.6) is 0 Å². The summed E-state index contributed by atoms with van der Waals surface area (Å²) in [5.74, 6) is 0. The minimum Gasteiger partial charge on any atom is -0.303 e. The van der Waals surface area contributed by atoms with Gasteiger partial charge in [-0.2, -0.15) is 35.1 Å². The van der Waals surface area contributed by atoms with E-state index in [1.807, 2.05) is 4.93 Å². The highest BCUT2D eigenvalue weighted by molar-refractivity contribution is 14.1. The predicted octanol–water partition coefficient (Wildman–Crippen LogP) is 6.68. The number of H-pyrrole nitrogens is 1. The van der Waals surface area contributed by atoms with Crippen molar-refractivity contribution in [3.05, 3.63) is 112 Å². The van der Waals surface area contributed by atoms with Gasteiger partial charge in [0.15, 0.2) is 10.3 Å². The van der Waals surface area contributed by atoms with Crippen molar-refractivity contribution in [3.8, 4) is 11.4 Å². The second kappa shape index (κ2) is 13.9. The maximum absolute atomic E-state index is 12.8. The zero-order valence-electron chi connectivity index (χ0n) is 23.2. The first-order chi connectivity index (χ1) is 22.0. The lowest BCUT2D eigenvalue weighted by atomic mass is 10.2. The lowest BCUT2D eigenvalue weighted by Gasteiger charge is -2.13. The Morgan fingerprint density at radius 3 is 1.64 bits per heavy atom. The number of hydrogen-bond donors (Lipinski definition) is 1. The first-order valence-electron chi connectivity index (χ1n) is 12.3. The van der Waals surface area contributed by atoms with E-state index in [1.54, 1.807) is 17.1 Å². The molecule has 4 heterocycles. The molecular formula is C26H15Cl2F6IN6O4S2. The van der Waals surface area contributed by atoms with E-state index in [-0.39, 0.29) is 21.7 Å². The predicted molar refractivity (Wildman–Crippen MR) is 176 cm³/mol. The highest BCUT2D eigenvalue weighted by atomic mass is 127. The fraction of sp³-hybridized carbons (Fsp3) is 0.154. The zero-order valence-corrected chi connectivity index (χ0v) is 28.5. The Morgan fingerprint density at radius 2 is 1.19 bits per heavy atom. The van der Waals surface area contributed by atoms with E-state index in [0.29, 0.717) is 36.6 Å². The molecule has 0 unspecified atom stereocenters. The monoisotopic (exact) mass is 850 g/mol. The first kappa shape index (κ1) is 36.3. The van der Waals surface area contributed by atoms with Gasteiger partial charge >= 0.3 is 23.7 Å². The summed E-state index contributed by atoms with van der Waals surface area (Å²) in [4.78, 5) is 51.5. The van der Waals surface area contributed by atoms with Crippen LogP contribution in [0.25, 0.3) is 31.5 Å². The van der Waals surface area contributed by atoms with E-state index in [1.165, 1.54) is 24.3 Å². The Balaban J connectivity index is 0.000000202. The zero-order chi connectivity index (χ0) is 35.0. The van der Waals surface area contributed by atoms with Gasteiger partial charge in [-0.1, -0.05) is 45.8 Å². The van der Waals surface area contributed by atoms with Gasteiger partial charge in [0.2, 0.25) is 0 Å². The molecule has 0 aliphatic rings. The van der Waals surface area contributed by atoms with Crippen LogP contribution in [0.15, 0.2) is 67.7 Å². The third kappa shape index (κ3) is 7.47. The quantitative estimate of drug-likeness (QED) is 0.118. The van der Waals surface area contributed by atoms with Gasteiger partial charge < -0.3 is 4.98 Å². The minimum absolute atomic E-state index is 0.106. The fourth-order valence-electron chi connectivity index (χ4n) is 4.10. The van der Waals surface area contributed by atoms with E-state index in [4.69, 9.17) is 23.2 Å². The maximum Gasteiger partial charge on any atom is 0.431 e. The summed E-state index contributed by atoms with van der Waals surface area (Å²) in [6.45, 7) is 0. The van der Waals surface area contributed by atoms with Crippen molar-refractivity contribution in [2.45, 2.75) is 12.4 Å². The number of nitrogens with zero attached hydrogens (tertiary/aromatic N) is 5. The average molecular weight is 851 g/mol. The molecule has 0 saturated carbocycles. The number of aromatic amines is 1. The number of halogens is 9. The molecule has 1 N–H and O–H groups in total. The van der Waals surface area contributed by atoms with Crippen LogP contribution in [-0.4, -0.2) is 32.4 Å². The van der Waals surface area contributed by atoms with E-state index in [9.17, 15) is 45.5 Å². The molecule has 0 radical (unpaired) electrons. The molecule has 0 spiro atoms. The number of nitrogens with one attached hydrogen (secondary N) is 1. The van der Waals surface area contributed by atoms with Crippen molar-refractivity contribution in [1.29, 1.82) is 0 Å². The van der Waals surface area contributed by atoms with Crippen LogP contribution in [0.1, 0.15) is 11.4 Å². The largest absolute Gasteiger partial charge is 0.431 e. The minimum atomic E-state index is -4.80. The van der Waals surface area contributed by atoms with Crippen molar-refractivity contribution in [2.24, 2.45) is 7.05 Å². The molecule has 10 nitrogen and oxygen atoms in total. The SMILES string of the molecule is CI.Cn1c(C(F)(F)F)cc(=O)n(-c2ccc3snc(Cl)c3c2)c1=O.O=c1cc(C(F)(F)F)[nH]c(=O)n1-c1ccc2snc(Cl)c2c1. The summed E-state index contributed by atoms with van der Waals surface area (Å²) in [7, 11) is 0.957. The number of hydrogen-bond acceptors (Lipinski definition) is 8. The molecule has 0 aliphatic heterocycles. The Kier molecular flexibility index (Phi) is 10.7. The van der Waals surface area contributed by atoms with Gasteiger partial charge in [0.05, 0.1) is 20.8 Å². The molecule has 0 fully saturated rings. The smallest absolute Gasteiger partial charge is 0.303 e. The lowest BCUT2D eigenvalue weighted by Crippen LogP contribution is -2.40. The van der Waals surface area contributed by atoms with Crippen molar-refractivity contribution in [1.82, 2.24) is 27.4 Å².